The molecule has 0 fully saturated rings. The predicted octanol–water partition coefficient (Wildman–Crippen LogP) is 4.32. The van der Waals surface area contributed by atoms with E-state index in [1.807, 2.05) is 19.1 Å². The Kier molecular flexibility index (Phi) is 5.91. The Morgan fingerprint density at radius 3 is 2.19 bits per heavy atom. The number of benzene rings is 1. The second kappa shape index (κ2) is 8.54. The molecule has 0 atom stereocenters. The van der Waals surface area contributed by atoms with Crippen molar-refractivity contribution in [3.63, 3.8) is 0 Å². The third-order valence-electron chi connectivity index (χ3n) is 4.53. The molecular weight excluding hydrogens is 336 g/mol. The molecule has 0 aliphatic heterocycles. The van der Waals surface area contributed by atoms with Gasteiger partial charge in [0.25, 0.3) is 5.91 Å². The maximum Gasteiger partial charge on any atom is 0.257 e. The third-order valence-corrected chi connectivity index (χ3v) is 4.53. The van der Waals surface area contributed by atoms with Gasteiger partial charge in [0, 0.05) is 43.4 Å². The minimum absolute atomic E-state index is 0.0632. The number of carbonyl (C=O) groups is 1. The van der Waals surface area contributed by atoms with Crippen LogP contribution in [0.2, 0.25) is 0 Å². The molecule has 0 saturated heterocycles. The van der Waals surface area contributed by atoms with E-state index < -0.39 is 0 Å². The highest BCUT2D eigenvalue weighted by molar-refractivity contribution is 5.93. The number of aromatic nitrogens is 3. The number of pyridine rings is 1. The number of amides is 1. The average molecular weight is 360 g/mol. The number of hydrogen-bond acceptors (Lipinski definition) is 4. The molecular formula is C22H24N4O. The van der Waals surface area contributed by atoms with Crippen molar-refractivity contribution in [3.05, 3.63) is 77.9 Å². The normalized spacial score (nSPS) is 10.8. The summed E-state index contributed by atoms with van der Waals surface area (Å²) in [4.78, 5) is 27.3. The molecule has 1 amide bonds. The van der Waals surface area contributed by atoms with Crippen LogP contribution in [0, 0.1) is 0 Å². The van der Waals surface area contributed by atoms with Gasteiger partial charge in [-0.25, -0.2) is 9.97 Å². The summed E-state index contributed by atoms with van der Waals surface area (Å²) in [6.07, 6.45) is 6.58. The maximum atomic E-state index is 12.8. The number of rotatable bonds is 6. The fourth-order valence-corrected chi connectivity index (χ4v) is 2.83. The summed E-state index contributed by atoms with van der Waals surface area (Å²) in [6, 6.07) is 12.1. The smallest absolute Gasteiger partial charge is 0.257 e. The zero-order chi connectivity index (χ0) is 19.2. The Morgan fingerprint density at radius 1 is 1.00 bits per heavy atom. The van der Waals surface area contributed by atoms with Gasteiger partial charge in [-0.2, -0.15) is 0 Å². The van der Waals surface area contributed by atoms with E-state index >= 15 is 0 Å². The van der Waals surface area contributed by atoms with Crippen molar-refractivity contribution in [2.45, 2.75) is 33.2 Å². The van der Waals surface area contributed by atoms with Crippen molar-refractivity contribution >= 4 is 5.91 Å². The van der Waals surface area contributed by atoms with Crippen LogP contribution in [0.25, 0.3) is 11.4 Å². The van der Waals surface area contributed by atoms with Crippen LogP contribution in [0.4, 0.5) is 0 Å². The Labute approximate surface area is 160 Å². The van der Waals surface area contributed by atoms with Crippen LogP contribution in [0.15, 0.2) is 61.2 Å². The van der Waals surface area contributed by atoms with Crippen LogP contribution >= 0.6 is 0 Å². The van der Waals surface area contributed by atoms with E-state index in [1.54, 1.807) is 29.7 Å². The highest BCUT2D eigenvalue weighted by Crippen LogP contribution is 2.17. The van der Waals surface area contributed by atoms with Crippen molar-refractivity contribution < 1.29 is 4.79 Å². The van der Waals surface area contributed by atoms with Gasteiger partial charge >= 0.3 is 0 Å². The molecule has 0 radical (unpaired) electrons. The minimum atomic E-state index is -0.0632. The molecule has 5 heteroatoms. The fourth-order valence-electron chi connectivity index (χ4n) is 2.83. The molecule has 0 unspecified atom stereocenters. The molecule has 1 aromatic carbocycles. The Bertz CT molecular complexity index is 874. The molecule has 0 saturated carbocycles. The van der Waals surface area contributed by atoms with Gasteiger partial charge in [-0.3, -0.25) is 9.78 Å². The molecule has 0 aliphatic rings. The van der Waals surface area contributed by atoms with E-state index in [2.05, 4.69) is 53.1 Å². The average Bonchev–Trinajstić information content (AvgIpc) is 2.72. The van der Waals surface area contributed by atoms with E-state index in [9.17, 15) is 4.79 Å². The monoisotopic (exact) mass is 360 g/mol. The van der Waals surface area contributed by atoms with Gasteiger partial charge in [-0.15, -0.1) is 0 Å². The minimum Gasteiger partial charge on any atom is -0.335 e. The number of carbonyl (C=O) groups excluding carboxylic acids is 1. The molecule has 2 aromatic heterocycles. The van der Waals surface area contributed by atoms with Crippen LogP contribution in [0.3, 0.4) is 0 Å². The third kappa shape index (κ3) is 4.56. The fraction of sp³-hybridized carbons (Fsp3) is 0.273. The summed E-state index contributed by atoms with van der Waals surface area (Å²) in [5.41, 5.74) is 3.78. The Hall–Kier alpha value is -3.08. The quantitative estimate of drug-likeness (QED) is 0.657. The first-order valence-electron chi connectivity index (χ1n) is 9.19. The summed E-state index contributed by atoms with van der Waals surface area (Å²) in [7, 11) is 0. The topological polar surface area (TPSA) is 59.0 Å². The lowest BCUT2D eigenvalue weighted by molar-refractivity contribution is 0.0751. The second-order valence-electron chi connectivity index (χ2n) is 6.75. The molecule has 27 heavy (non-hydrogen) atoms. The molecule has 0 N–H and O–H groups in total. The van der Waals surface area contributed by atoms with Gasteiger partial charge in [0.05, 0.1) is 5.56 Å². The lowest BCUT2D eigenvalue weighted by Crippen LogP contribution is -2.30. The number of hydrogen-bond donors (Lipinski definition) is 0. The summed E-state index contributed by atoms with van der Waals surface area (Å²) >= 11 is 0. The first-order chi connectivity index (χ1) is 13.1. The molecule has 138 valence electrons. The van der Waals surface area contributed by atoms with Gasteiger partial charge in [-0.05, 0) is 36.1 Å². The maximum absolute atomic E-state index is 12.8. The largest absolute Gasteiger partial charge is 0.335 e. The van der Waals surface area contributed by atoms with E-state index in [0.29, 0.717) is 30.4 Å². The molecule has 3 aromatic rings. The zero-order valence-corrected chi connectivity index (χ0v) is 16.0. The van der Waals surface area contributed by atoms with Crippen molar-refractivity contribution in [1.29, 1.82) is 0 Å². The standard InChI is InChI=1S/C22H24N4O/c1-4-26(15-17-5-7-18(8-6-17)16(2)3)22(27)20-13-24-21(25-14-20)19-9-11-23-12-10-19/h5-14,16H,4,15H2,1-3H3. The van der Waals surface area contributed by atoms with Crippen molar-refractivity contribution in [1.82, 2.24) is 19.9 Å². The van der Waals surface area contributed by atoms with Crippen molar-refractivity contribution in [2.75, 3.05) is 6.54 Å². The zero-order valence-electron chi connectivity index (χ0n) is 16.0. The molecule has 3 rings (SSSR count). The van der Waals surface area contributed by atoms with Crippen LogP contribution in [0.1, 0.15) is 48.2 Å². The van der Waals surface area contributed by atoms with Gasteiger partial charge in [0.2, 0.25) is 0 Å². The van der Waals surface area contributed by atoms with Crippen LogP contribution in [0.5, 0.6) is 0 Å². The van der Waals surface area contributed by atoms with Crippen LogP contribution < -0.4 is 0 Å². The summed E-state index contributed by atoms with van der Waals surface area (Å²) in [5, 5.41) is 0. The van der Waals surface area contributed by atoms with Crippen molar-refractivity contribution in [2.24, 2.45) is 0 Å². The first kappa shape index (κ1) is 18.7. The SMILES string of the molecule is CCN(Cc1ccc(C(C)C)cc1)C(=O)c1cnc(-c2ccncc2)nc1. The van der Waals surface area contributed by atoms with E-state index in [4.69, 9.17) is 0 Å². The summed E-state index contributed by atoms with van der Waals surface area (Å²) in [5.74, 6) is 1.02. The van der Waals surface area contributed by atoms with Crippen LogP contribution in [-0.2, 0) is 6.54 Å². The van der Waals surface area contributed by atoms with E-state index in [-0.39, 0.29) is 5.91 Å². The molecule has 0 bridgehead atoms. The van der Waals surface area contributed by atoms with Gasteiger partial charge in [0.15, 0.2) is 5.82 Å². The lowest BCUT2D eigenvalue weighted by Gasteiger charge is -2.21. The predicted molar refractivity (Wildman–Crippen MR) is 106 cm³/mol. The molecule has 0 spiro atoms. The Balaban J connectivity index is 1.72. The summed E-state index contributed by atoms with van der Waals surface area (Å²) in [6.45, 7) is 7.52. The Morgan fingerprint density at radius 2 is 1.63 bits per heavy atom. The van der Waals surface area contributed by atoms with Crippen LogP contribution in [-0.4, -0.2) is 32.3 Å². The second-order valence-corrected chi connectivity index (χ2v) is 6.75. The number of nitrogens with zero attached hydrogens (tertiary/aromatic N) is 4. The molecule has 2 heterocycles. The van der Waals surface area contributed by atoms with E-state index in [0.717, 1.165) is 11.1 Å². The van der Waals surface area contributed by atoms with Gasteiger partial charge in [0.1, 0.15) is 0 Å². The van der Waals surface area contributed by atoms with E-state index in [1.165, 1.54) is 5.56 Å². The molecule has 5 nitrogen and oxygen atoms in total. The lowest BCUT2D eigenvalue weighted by atomic mass is 10.0. The van der Waals surface area contributed by atoms with Gasteiger partial charge in [-0.1, -0.05) is 38.1 Å². The molecule has 0 aliphatic carbocycles. The highest BCUT2D eigenvalue weighted by atomic mass is 16.2. The summed E-state index contributed by atoms with van der Waals surface area (Å²) < 4.78 is 0. The first-order valence-corrected chi connectivity index (χ1v) is 9.19. The highest BCUT2D eigenvalue weighted by Gasteiger charge is 2.16. The van der Waals surface area contributed by atoms with Crippen molar-refractivity contribution in [3.8, 4) is 11.4 Å². The van der Waals surface area contributed by atoms with Gasteiger partial charge < -0.3 is 4.90 Å².